The van der Waals surface area contributed by atoms with Crippen LogP contribution < -0.4 is 4.74 Å². The Morgan fingerprint density at radius 3 is 2.95 bits per heavy atom. The summed E-state index contributed by atoms with van der Waals surface area (Å²) in [6.07, 6.45) is 7.25. The molecule has 102 valence electrons. The number of hydrogen-bond acceptors (Lipinski definition) is 5. The number of aromatic nitrogens is 5. The zero-order valence-electron chi connectivity index (χ0n) is 11.4. The number of fused-ring (bicyclic) bond motifs is 1. The van der Waals surface area contributed by atoms with E-state index in [-0.39, 0.29) is 0 Å². The first-order valence-corrected chi connectivity index (χ1v) is 6.55. The summed E-state index contributed by atoms with van der Waals surface area (Å²) in [5, 5.41) is 7.55. The maximum atomic E-state index is 5.84. The van der Waals surface area contributed by atoms with Gasteiger partial charge in [-0.05, 0) is 25.0 Å². The minimum absolute atomic E-state index is 0.497. The van der Waals surface area contributed by atoms with Gasteiger partial charge in [0.25, 0.3) is 0 Å². The summed E-state index contributed by atoms with van der Waals surface area (Å²) in [4.78, 5) is 12.8. The third-order valence-electron chi connectivity index (χ3n) is 2.91. The van der Waals surface area contributed by atoms with Crippen molar-refractivity contribution in [2.24, 2.45) is 0 Å². The van der Waals surface area contributed by atoms with Gasteiger partial charge in [-0.25, -0.2) is 4.98 Å². The van der Waals surface area contributed by atoms with Gasteiger partial charge in [0, 0.05) is 6.20 Å². The summed E-state index contributed by atoms with van der Waals surface area (Å²) in [6, 6.07) is 1.99. The maximum Gasteiger partial charge on any atom is 0.233 e. The van der Waals surface area contributed by atoms with Gasteiger partial charge in [0.15, 0.2) is 5.65 Å². The van der Waals surface area contributed by atoms with E-state index in [9.17, 15) is 0 Å². The number of rotatable bonds is 4. The lowest BCUT2D eigenvalue weighted by Crippen LogP contribution is -1.95. The summed E-state index contributed by atoms with van der Waals surface area (Å²) >= 11 is 0. The van der Waals surface area contributed by atoms with E-state index < -0.39 is 0 Å². The van der Waals surface area contributed by atoms with Crippen LogP contribution in [0.1, 0.15) is 24.7 Å². The lowest BCUT2D eigenvalue weighted by molar-refractivity contribution is 0.463. The monoisotopic (exact) mass is 269 g/mol. The zero-order chi connectivity index (χ0) is 13.9. The second kappa shape index (κ2) is 5.24. The third-order valence-corrected chi connectivity index (χ3v) is 2.91. The van der Waals surface area contributed by atoms with Gasteiger partial charge in [-0.15, -0.1) is 0 Å². The van der Waals surface area contributed by atoms with E-state index in [0.29, 0.717) is 23.1 Å². The van der Waals surface area contributed by atoms with Gasteiger partial charge in [-0.2, -0.15) is 10.1 Å². The number of pyridine rings is 1. The molecule has 0 aromatic carbocycles. The Bertz CT molecular complexity index is 737. The van der Waals surface area contributed by atoms with Crippen LogP contribution in [0, 0.1) is 6.92 Å². The normalized spacial score (nSPS) is 10.9. The molecule has 6 nitrogen and oxygen atoms in total. The average molecular weight is 269 g/mol. The smallest absolute Gasteiger partial charge is 0.233 e. The molecule has 0 atom stereocenters. The zero-order valence-corrected chi connectivity index (χ0v) is 11.4. The molecule has 0 aliphatic heterocycles. The van der Waals surface area contributed by atoms with Crippen LogP contribution >= 0.6 is 0 Å². The molecule has 3 heterocycles. The summed E-state index contributed by atoms with van der Waals surface area (Å²) < 4.78 is 5.84. The van der Waals surface area contributed by atoms with Gasteiger partial charge in [-0.3, -0.25) is 10.1 Å². The van der Waals surface area contributed by atoms with Crippen molar-refractivity contribution in [1.29, 1.82) is 0 Å². The lowest BCUT2D eigenvalue weighted by atomic mass is 10.2. The van der Waals surface area contributed by atoms with Gasteiger partial charge in [0.2, 0.25) is 5.88 Å². The van der Waals surface area contributed by atoms with Crippen LogP contribution in [0.4, 0.5) is 0 Å². The predicted octanol–water partition coefficient (Wildman–Crippen LogP) is 2.80. The van der Waals surface area contributed by atoms with Crippen molar-refractivity contribution in [3.8, 4) is 11.6 Å². The first kappa shape index (κ1) is 12.5. The Balaban J connectivity index is 1.96. The fourth-order valence-corrected chi connectivity index (χ4v) is 2.05. The molecule has 0 unspecified atom stereocenters. The van der Waals surface area contributed by atoms with E-state index >= 15 is 0 Å². The van der Waals surface area contributed by atoms with E-state index in [4.69, 9.17) is 4.74 Å². The van der Waals surface area contributed by atoms with Gasteiger partial charge in [0.05, 0.1) is 12.4 Å². The Labute approximate surface area is 116 Å². The van der Waals surface area contributed by atoms with Gasteiger partial charge >= 0.3 is 0 Å². The molecule has 3 rings (SSSR count). The summed E-state index contributed by atoms with van der Waals surface area (Å²) in [5.74, 6) is 1.81. The van der Waals surface area contributed by atoms with Crippen LogP contribution in [-0.4, -0.2) is 25.1 Å². The summed E-state index contributed by atoms with van der Waals surface area (Å²) in [5.41, 5.74) is 1.82. The lowest BCUT2D eigenvalue weighted by Gasteiger charge is -2.07. The summed E-state index contributed by atoms with van der Waals surface area (Å²) in [6.45, 7) is 3.95. The minimum Gasteiger partial charge on any atom is -0.436 e. The molecule has 6 heteroatoms. The molecule has 20 heavy (non-hydrogen) atoms. The van der Waals surface area contributed by atoms with E-state index in [1.165, 1.54) is 0 Å². The molecular weight excluding hydrogens is 254 g/mol. The van der Waals surface area contributed by atoms with Crippen molar-refractivity contribution in [2.75, 3.05) is 0 Å². The van der Waals surface area contributed by atoms with Crippen LogP contribution in [0.25, 0.3) is 11.0 Å². The number of H-pyrrole nitrogens is 1. The Hall–Kier alpha value is -2.50. The molecule has 1 N–H and O–H groups in total. The molecule has 0 fully saturated rings. The van der Waals surface area contributed by atoms with Crippen LogP contribution in [0.2, 0.25) is 0 Å². The maximum absolute atomic E-state index is 5.84. The molecule has 0 amide bonds. The highest BCUT2D eigenvalue weighted by Gasteiger charge is 2.10. The highest BCUT2D eigenvalue weighted by atomic mass is 16.5. The van der Waals surface area contributed by atoms with E-state index in [2.05, 4.69) is 32.1 Å². The molecule has 0 aliphatic carbocycles. The van der Waals surface area contributed by atoms with E-state index in [1.54, 1.807) is 12.4 Å². The minimum atomic E-state index is 0.497. The van der Waals surface area contributed by atoms with Crippen molar-refractivity contribution in [3.05, 3.63) is 36.0 Å². The predicted molar refractivity (Wildman–Crippen MR) is 74.7 cm³/mol. The van der Waals surface area contributed by atoms with Gasteiger partial charge in [-0.1, -0.05) is 13.3 Å². The van der Waals surface area contributed by atoms with Gasteiger partial charge < -0.3 is 4.74 Å². The van der Waals surface area contributed by atoms with Crippen molar-refractivity contribution >= 4 is 11.0 Å². The number of aryl methyl sites for hydroxylation is 2. The van der Waals surface area contributed by atoms with Crippen molar-refractivity contribution in [3.63, 3.8) is 0 Å². The molecule has 3 aromatic rings. The molecule has 3 aromatic heterocycles. The Morgan fingerprint density at radius 1 is 1.20 bits per heavy atom. The number of ether oxygens (including phenoxy) is 1. The van der Waals surface area contributed by atoms with E-state index in [0.717, 1.165) is 23.8 Å². The third kappa shape index (κ3) is 2.45. The SMILES string of the molecule is CCCc1cncc(Oc2nc(C)nc3[nH]ncc23)c1. The van der Waals surface area contributed by atoms with Crippen LogP contribution in [0.15, 0.2) is 24.7 Å². The number of nitrogens with one attached hydrogen (secondary N) is 1. The van der Waals surface area contributed by atoms with E-state index in [1.807, 2.05) is 19.2 Å². The Kier molecular flexibility index (Phi) is 3.28. The number of aromatic amines is 1. The number of hydrogen-bond donors (Lipinski definition) is 1. The second-order valence-electron chi connectivity index (χ2n) is 4.59. The molecule has 0 saturated carbocycles. The highest BCUT2D eigenvalue weighted by molar-refractivity contribution is 5.79. The fourth-order valence-electron chi connectivity index (χ4n) is 2.05. The van der Waals surface area contributed by atoms with Crippen LogP contribution in [0.3, 0.4) is 0 Å². The molecule has 0 saturated heterocycles. The van der Waals surface area contributed by atoms with Crippen molar-refractivity contribution < 1.29 is 4.74 Å². The van der Waals surface area contributed by atoms with Crippen LogP contribution in [-0.2, 0) is 6.42 Å². The first-order valence-electron chi connectivity index (χ1n) is 6.55. The first-order chi connectivity index (χ1) is 9.76. The number of nitrogens with zero attached hydrogens (tertiary/aromatic N) is 4. The van der Waals surface area contributed by atoms with Crippen molar-refractivity contribution in [1.82, 2.24) is 25.1 Å². The van der Waals surface area contributed by atoms with Crippen molar-refractivity contribution in [2.45, 2.75) is 26.7 Å². The molecule has 0 bridgehead atoms. The standard InChI is InChI=1S/C14H15N5O/c1-3-4-10-5-11(7-15-6-10)20-14-12-8-16-19-13(12)17-9(2)18-14/h5-8H,3-4H2,1-2H3,(H,16,17,18,19). The Morgan fingerprint density at radius 2 is 2.10 bits per heavy atom. The largest absolute Gasteiger partial charge is 0.436 e. The molecule has 0 radical (unpaired) electrons. The second-order valence-corrected chi connectivity index (χ2v) is 4.59. The summed E-state index contributed by atoms with van der Waals surface area (Å²) in [7, 11) is 0. The quantitative estimate of drug-likeness (QED) is 0.788. The molecule has 0 aliphatic rings. The molecular formula is C14H15N5O. The average Bonchev–Trinajstić information content (AvgIpc) is 2.87. The fraction of sp³-hybridized carbons (Fsp3) is 0.286. The topological polar surface area (TPSA) is 76.6 Å². The van der Waals surface area contributed by atoms with Gasteiger partial charge in [0.1, 0.15) is 17.0 Å². The highest BCUT2D eigenvalue weighted by Crippen LogP contribution is 2.26. The van der Waals surface area contributed by atoms with Crippen LogP contribution in [0.5, 0.6) is 11.6 Å². The molecule has 0 spiro atoms.